The van der Waals surface area contributed by atoms with E-state index in [1.165, 1.54) is 16.3 Å². The molecular weight excluding hydrogens is 258 g/mol. The molecule has 1 N–H and O–H groups in total. The van der Waals surface area contributed by atoms with Gasteiger partial charge in [0.05, 0.1) is 6.10 Å². The largest absolute Gasteiger partial charge is 0.393 e. The van der Waals surface area contributed by atoms with E-state index in [1.54, 1.807) is 0 Å². The Kier molecular flexibility index (Phi) is 4.27. The van der Waals surface area contributed by atoms with Crippen LogP contribution >= 0.6 is 0 Å². The van der Waals surface area contributed by atoms with Crippen molar-refractivity contribution in [3.63, 3.8) is 0 Å². The summed E-state index contributed by atoms with van der Waals surface area (Å²) in [5.41, 5.74) is 1.39. The lowest BCUT2D eigenvalue weighted by Gasteiger charge is -2.37. The second-order valence-electron chi connectivity index (χ2n) is 6.40. The van der Waals surface area contributed by atoms with Crippen LogP contribution in [0, 0.1) is 5.92 Å². The SMILES string of the molecule is CC(O)C1CCN(C(C)c2ccc3ccccc3c2)CC1. The maximum Gasteiger partial charge on any atom is 0.0541 e. The predicted octanol–water partition coefficient (Wildman–Crippen LogP) is 3.99. The lowest BCUT2D eigenvalue weighted by Crippen LogP contribution is -2.38. The van der Waals surface area contributed by atoms with E-state index in [9.17, 15) is 5.11 Å². The molecule has 21 heavy (non-hydrogen) atoms. The van der Waals surface area contributed by atoms with Gasteiger partial charge in [0.15, 0.2) is 0 Å². The van der Waals surface area contributed by atoms with Gasteiger partial charge in [-0.25, -0.2) is 0 Å². The van der Waals surface area contributed by atoms with Gasteiger partial charge in [-0.15, -0.1) is 0 Å². The summed E-state index contributed by atoms with van der Waals surface area (Å²) >= 11 is 0. The van der Waals surface area contributed by atoms with Crippen LogP contribution in [0.5, 0.6) is 0 Å². The summed E-state index contributed by atoms with van der Waals surface area (Å²) in [5, 5.41) is 12.3. The molecule has 112 valence electrons. The molecule has 2 nitrogen and oxygen atoms in total. The maximum atomic E-state index is 9.72. The van der Waals surface area contributed by atoms with Gasteiger partial charge in [-0.3, -0.25) is 4.90 Å². The van der Waals surface area contributed by atoms with Gasteiger partial charge in [-0.1, -0.05) is 36.4 Å². The van der Waals surface area contributed by atoms with Crippen LogP contribution in [-0.2, 0) is 0 Å². The molecule has 1 heterocycles. The molecule has 1 fully saturated rings. The van der Waals surface area contributed by atoms with Crippen molar-refractivity contribution in [2.24, 2.45) is 5.92 Å². The van der Waals surface area contributed by atoms with Gasteiger partial charge in [0.25, 0.3) is 0 Å². The molecule has 1 aliphatic rings. The Bertz CT molecular complexity index is 599. The molecule has 0 spiro atoms. The number of piperidine rings is 1. The monoisotopic (exact) mass is 283 g/mol. The fraction of sp³-hybridized carbons (Fsp3) is 0.474. The highest BCUT2D eigenvalue weighted by molar-refractivity contribution is 5.83. The van der Waals surface area contributed by atoms with Crippen molar-refractivity contribution < 1.29 is 5.11 Å². The van der Waals surface area contributed by atoms with Gasteiger partial charge < -0.3 is 5.11 Å². The Labute approximate surface area is 127 Å². The first-order chi connectivity index (χ1) is 10.1. The third-order valence-corrected chi connectivity index (χ3v) is 5.06. The van der Waals surface area contributed by atoms with E-state index in [4.69, 9.17) is 0 Å². The summed E-state index contributed by atoms with van der Waals surface area (Å²) in [4.78, 5) is 2.54. The molecule has 1 aliphatic heterocycles. The van der Waals surface area contributed by atoms with Crippen LogP contribution in [0.2, 0.25) is 0 Å². The summed E-state index contributed by atoms with van der Waals surface area (Å²) < 4.78 is 0. The van der Waals surface area contributed by atoms with Gasteiger partial charge in [-0.05, 0) is 68.1 Å². The van der Waals surface area contributed by atoms with Crippen LogP contribution in [0.25, 0.3) is 10.8 Å². The van der Waals surface area contributed by atoms with Crippen molar-refractivity contribution in [2.45, 2.75) is 38.8 Å². The lowest BCUT2D eigenvalue weighted by molar-refractivity contribution is 0.0586. The summed E-state index contributed by atoms with van der Waals surface area (Å²) in [5.74, 6) is 0.477. The zero-order valence-corrected chi connectivity index (χ0v) is 13.0. The highest BCUT2D eigenvalue weighted by Gasteiger charge is 2.25. The molecule has 2 aromatic rings. The van der Waals surface area contributed by atoms with E-state index in [1.807, 2.05) is 6.92 Å². The second kappa shape index (κ2) is 6.17. The molecule has 0 aromatic heterocycles. The number of likely N-dealkylation sites (tertiary alicyclic amines) is 1. The number of aliphatic hydroxyl groups excluding tert-OH is 1. The van der Waals surface area contributed by atoms with Gasteiger partial charge >= 0.3 is 0 Å². The lowest BCUT2D eigenvalue weighted by atomic mass is 9.90. The maximum absolute atomic E-state index is 9.72. The minimum Gasteiger partial charge on any atom is -0.393 e. The van der Waals surface area contributed by atoms with Gasteiger partial charge in [0.2, 0.25) is 0 Å². The normalized spacial score (nSPS) is 20.5. The second-order valence-corrected chi connectivity index (χ2v) is 6.40. The third-order valence-electron chi connectivity index (χ3n) is 5.06. The number of fused-ring (bicyclic) bond motifs is 1. The summed E-state index contributed by atoms with van der Waals surface area (Å²) in [6, 6.07) is 15.8. The minimum absolute atomic E-state index is 0.164. The van der Waals surface area contributed by atoms with Crippen molar-refractivity contribution in [1.29, 1.82) is 0 Å². The molecule has 0 saturated carbocycles. The molecule has 2 atom stereocenters. The number of benzene rings is 2. The Balaban J connectivity index is 1.73. The molecule has 1 saturated heterocycles. The first kappa shape index (κ1) is 14.6. The van der Waals surface area contributed by atoms with Crippen LogP contribution in [0.15, 0.2) is 42.5 Å². The summed E-state index contributed by atoms with van der Waals surface area (Å²) in [6.45, 7) is 6.40. The van der Waals surface area contributed by atoms with Crippen molar-refractivity contribution in [3.8, 4) is 0 Å². The first-order valence-electron chi connectivity index (χ1n) is 8.06. The van der Waals surface area contributed by atoms with Gasteiger partial charge in [0, 0.05) is 6.04 Å². The molecule has 0 amide bonds. The molecule has 0 aliphatic carbocycles. The minimum atomic E-state index is -0.164. The predicted molar refractivity (Wildman–Crippen MR) is 88.3 cm³/mol. The van der Waals surface area contributed by atoms with E-state index < -0.39 is 0 Å². The van der Waals surface area contributed by atoms with E-state index in [0.29, 0.717) is 12.0 Å². The topological polar surface area (TPSA) is 23.5 Å². The van der Waals surface area contributed by atoms with Gasteiger partial charge in [-0.2, -0.15) is 0 Å². The zero-order valence-electron chi connectivity index (χ0n) is 13.0. The van der Waals surface area contributed by atoms with Crippen LogP contribution in [0.1, 0.15) is 38.3 Å². The van der Waals surface area contributed by atoms with Gasteiger partial charge in [0.1, 0.15) is 0 Å². The standard InChI is InChI=1S/C19H25NO/c1-14(20-11-9-16(10-12-20)15(2)21)18-8-7-17-5-3-4-6-19(17)13-18/h3-8,13-16,21H,9-12H2,1-2H3. The smallest absolute Gasteiger partial charge is 0.0541 e. The first-order valence-corrected chi connectivity index (χ1v) is 8.06. The molecule has 2 heteroatoms. The molecule has 2 unspecified atom stereocenters. The van der Waals surface area contributed by atoms with Crippen LogP contribution in [-0.4, -0.2) is 29.2 Å². The number of aliphatic hydroxyl groups is 1. The van der Waals surface area contributed by atoms with Crippen molar-refractivity contribution in [2.75, 3.05) is 13.1 Å². The third kappa shape index (κ3) is 3.12. The number of hydrogen-bond acceptors (Lipinski definition) is 2. The van der Waals surface area contributed by atoms with Crippen molar-refractivity contribution >= 4 is 10.8 Å². The van der Waals surface area contributed by atoms with E-state index in [0.717, 1.165) is 25.9 Å². The number of rotatable bonds is 3. The average Bonchev–Trinajstić information content (AvgIpc) is 2.54. The van der Waals surface area contributed by atoms with Crippen LogP contribution in [0.4, 0.5) is 0 Å². The van der Waals surface area contributed by atoms with Crippen LogP contribution < -0.4 is 0 Å². The fourth-order valence-corrected chi connectivity index (χ4v) is 3.47. The zero-order chi connectivity index (χ0) is 14.8. The Hall–Kier alpha value is -1.38. The average molecular weight is 283 g/mol. The molecule has 3 rings (SSSR count). The van der Waals surface area contributed by atoms with Crippen molar-refractivity contribution in [3.05, 3.63) is 48.0 Å². The van der Waals surface area contributed by atoms with E-state index >= 15 is 0 Å². The summed E-state index contributed by atoms with van der Waals surface area (Å²) in [6.07, 6.45) is 2.05. The molecule has 0 bridgehead atoms. The van der Waals surface area contributed by atoms with E-state index in [2.05, 4.69) is 54.3 Å². The number of nitrogens with zero attached hydrogens (tertiary/aromatic N) is 1. The highest BCUT2D eigenvalue weighted by Crippen LogP contribution is 2.29. The molecule has 2 aromatic carbocycles. The molecular formula is C19H25NO. The van der Waals surface area contributed by atoms with E-state index in [-0.39, 0.29) is 6.10 Å². The van der Waals surface area contributed by atoms with Crippen molar-refractivity contribution in [1.82, 2.24) is 4.90 Å². The Morgan fingerprint density at radius 3 is 2.33 bits per heavy atom. The molecule has 0 radical (unpaired) electrons. The van der Waals surface area contributed by atoms with Crippen LogP contribution in [0.3, 0.4) is 0 Å². The highest BCUT2D eigenvalue weighted by atomic mass is 16.3. The fourth-order valence-electron chi connectivity index (χ4n) is 3.47. The number of hydrogen-bond donors (Lipinski definition) is 1. The Morgan fingerprint density at radius 2 is 1.67 bits per heavy atom. The summed E-state index contributed by atoms with van der Waals surface area (Å²) in [7, 11) is 0. The Morgan fingerprint density at radius 1 is 1.00 bits per heavy atom. The quantitative estimate of drug-likeness (QED) is 0.920.